The second kappa shape index (κ2) is 6.42. The molecule has 6 fully saturated rings. The first-order chi connectivity index (χ1) is 14.4. The number of fused-ring (bicyclic) bond motifs is 2. The third-order valence-electron chi connectivity index (χ3n) is 11.2. The van der Waals surface area contributed by atoms with Crippen LogP contribution in [0.25, 0.3) is 0 Å². The monoisotopic (exact) mass is 421 g/mol. The molecule has 0 amide bonds. The van der Waals surface area contributed by atoms with E-state index in [0.717, 1.165) is 45.4 Å². The van der Waals surface area contributed by atoms with Gasteiger partial charge in [0.05, 0.1) is 30.5 Å². The average molecular weight is 422 g/mol. The molecule has 1 saturated heterocycles. The highest BCUT2D eigenvalue weighted by atomic mass is 16.5. The van der Waals surface area contributed by atoms with Gasteiger partial charge in [0.25, 0.3) is 0 Å². The molecule has 0 aromatic heterocycles. The predicted octanol–water partition coefficient (Wildman–Crippen LogP) is 1.53. The highest BCUT2D eigenvalue weighted by Gasteiger charge is 2.83. The minimum absolute atomic E-state index is 0.000283. The van der Waals surface area contributed by atoms with E-state index in [-0.39, 0.29) is 46.7 Å². The molecule has 0 radical (unpaired) electrons. The van der Waals surface area contributed by atoms with Crippen molar-refractivity contribution in [1.29, 1.82) is 0 Å². The Hall–Kier alpha value is -0.240. The molecule has 30 heavy (non-hydrogen) atoms. The Morgan fingerprint density at radius 3 is 2.57 bits per heavy atom. The third-order valence-corrected chi connectivity index (χ3v) is 11.2. The fraction of sp³-hybridized carbons (Fsp3) is 1.00. The second-order valence-electron chi connectivity index (χ2n) is 11.5. The SMILES string of the molecule is CCN1C[C@]2(COC)CC[C@H](OC)[C@@]34[C@@H]5C[C@H]6[C@H](O)[C@@H]5[C@](O)(C[C@@H]6OC)[C@@H](C[C@H]23)[C@@H]14. The van der Waals surface area contributed by atoms with Gasteiger partial charge in [-0.3, -0.25) is 4.90 Å². The number of hydrogen-bond acceptors (Lipinski definition) is 6. The largest absolute Gasteiger partial charge is 0.392 e. The quantitative estimate of drug-likeness (QED) is 0.702. The van der Waals surface area contributed by atoms with Crippen molar-refractivity contribution in [2.45, 2.75) is 69.0 Å². The average Bonchev–Trinajstić information content (AvgIpc) is 3.15. The zero-order valence-electron chi connectivity index (χ0n) is 18.9. The van der Waals surface area contributed by atoms with E-state index in [1.165, 1.54) is 0 Å². The molecule has 0 aromatic rings. The Balaban J connectivity index is 1.58. The lowest BCUT2D eigenvalue weighted by atomic mass is 9.43. The van der Waals surface area contributed by atoms with Crippen molar-refractivity contribution in [3.05, 3.63) is 0 Å². The fourth-order valence-corrected chi connectivity index (χ4v) is 10.7. The summed E-state index contributed by atoms with van der Waals surface area (Å²) in [5.41, 5.74) is -0.719. The number of piperidine rings is 1. The number of aliphatic hydroxyl groups is 2. The van der Waals surface area contributed by atoms with Crippen molar-refractivity contribution in [2.24, 2.45) is 40.4 Å². The molecule has 0 aromatic carbocycles. The number of methoxy groups -OCH3 is 3. The lowest BCUT2D eigenvalue weighted by Crippen LogP contribution is -2.76. The molecule has 170 valence electrons. The van der Waals surface area contributed by atoms with Crippen LogP contribution in [0.5, 0.6) is 0 Å². The Bertz CT molecular complexity index is 720. The lowest BCUT2D eigenvalue weighted by molar-refractivity contribution is -0.276. The van der Waals surface area contributed by atoms with Gasteiger partial charge < -0.3 is 24.4 Å². The summed E-state index contributed by atoms with van der Waals surface area (Å²) in [7, 11) is 5.48. The molecule has 0 unspecified atom stereocenters. The summed E-state index contributed by atoms with van der Waals surface area (Å²) in [5, 5.41) is 23.8. The number of nitrogens with zero attached hydrogens (tertiary/aromatic N) is 1. The maximum absolute atomic E-state index is 12.4. The number of rotatable bonds is 5. The Labute approximate surface area is 180 Å². The maximum Gasteiger partial charge on any atom is 0.0771 e. The number of aliphatic hydroxyl groups excluding tert-OH is 1. The van der Waals surface area contributed by atoms with E-state index < -0.39 is 11.7 Å². The van der Waals surface area contributed by atoms with Gasteiger partial charge in [-0.1, -0.05) is 6.92 Å². The maximum atomic E-state index is 12.4. The Kier molecular flexibility index (Phi) is 4.36. The summed E-state index contributed by atoms with van der Waals surface area (Å²) in [6.07, 6.45) is 4.52. The molecule has 5 aliphatic carbocycles. The van der Waals surface area contributed by atoms with Gasteiger partial charge in [-0.05, 0) is 44.1 Å². The van der Waals surface area contributed by atoms with Crippen molar-refractivity contribution < 1.29 is 24.4 Å². The van der Waals surface area contributed by atoms with Crippen LogP contribution in [-0.4, -0.2) is 86.1 Å². The molecule has 6 aliphatic rings. The smallest absolute Gasteiger partial charge is 0.0771 e. The normalized spacial score (nSPS) is 60.8. The van der Waals surface area contributed by atoms with E-state index in [1.807, 2.05) is 14.2 Å². The van der Waals surface area contributed by atoms with Gasteiger partial charge in [-0.2, -0.15) is 0 Å². The van der Waals surface area contributed by atoms with Gasteiger partial charge in [0.2, 0.25) is 0 Å². The first-order valence-electron chi connectivity index (χ1n) is 12.1. The molecule has 5 saturated carbocycles. The molecule has 12 atom stereocenters. The van der Waals surface area contributed by atoms with Crippen LogP contribution in [-0.2, 0) is 14.2 Å². The molecule has 6 nitrogen and oxygen atoms in total. The topological polar surface area (TPSA) is 71.4 Å². The van der Waals surface area contributed by atoms with Gasteiger partial charge >= 0.3 is 0 Å². The van der Waals surface area contributed by atoms with Crippen molar-refractivity contribution in [1.82, 2.24) is 4.90 Å². The Morgan fingerprint density at radius 2 is 1.90 bits per heavy atom. The van der Waals surface area contributed by atoms with E-state index in [0.29, 0.717) is 18.4 Å². The standard InChI is InChI=1S/C24H39NO5/c1-5-25-11-22(12-28-2)7-6-18(30-4)24-14-8-13-16(29-3)10-23(27,19(14)20(13)26)15(21(24)25)9-17(22)24/h13-21,26-27H,5-12H2,1-4H3/t13-,14-,15+,16+,17-,18+,19-,20+,21-,22+,23+,24-/m1/s1. The predicted molar refractivity (Wildman–Crippen MR) is 111 cm³/mol. The van der Waals surface area contributed by atoms with Gasteiger partial charge in [-0.15, -0.1) is 0 Å². The van der Waals surface area contributed by atoms with Crippen LogP contribution in [0.15, 0.2) is 0 Å². The minimum Gasteiger partial charge on any atom is -0.392 e. The van der Waals surface area contributed by atoms with Crippen LogP contribution in [0, 0.1) is 40.4 Å². The van der Waals surface area contributed by atoms with E-state index in [4.69, 9.17) is 14.2 Å². The van der Waals surface area contributed by atoms with Gasteiger partial charge in [0.15, 0.2) is 0 Å². The van der Waals surface area contributed by atoms with Gasteiger partial charge in [0, 0.05) is 68.9 Å². The second-order valence-corrected chi connectivity index (χ2v) is 11.5. The first kappa shape index (κ1) is 20.4. The van der Waals surface area contributed by atoms with Gasteiger partial charge in [-0.25, -0.2) is 0 Å². The molecule has 6 rings (SSSR count). The summed E-state index contributed by atoms with van der Waals surface area (Å²) in [6.45, 7) is 5.11. The molecular weight excluding hydrogens is 382 g/mol. The van der Waals surface area contributed by atoms with Crippen LogP contribution in [0.2, 0.25) is 0 Å². The summed E-state index contributed by atoms with van der Waals surface area (Å²) in [4.78, 5) is 2.67. The van der Waals surface area contributed by atoms with Crippen molar-refractivity contribution in [2.75, 3.05) is 41.0 Å². The molecule has 1 spiro atoms. The summed E-state index contributed by atoms with van der Waals surface area (Å²) in [6, 6.07) is 0.329. The van der Waals surface area contributed by atoms with Crippen LogP contribution in [0.3, 0.4) is 0 Å². The van der Waals surface area contributed by atoms with E-state index in [9.17, 15) is 10.2 Å². The molecule has 2 N–H and O–H groups in total. The molecule has 6 heteroatoms. The van der Waals surface area contributed by atoms with Crippen molar-refractivity contribution in [3.8, 4) is 0 Å². The molecular formula is C24H39NO5. The lowest BCUT2D eigenvalue weighted by Gasteiger charge is -2.69. The van der Waals surface area contributed by atoms with E-state index >= 15 is 0 Å². The van der Waals surface area contributed by atoms with Crippen molar-refractivity contribution >= 4 is 0 Å². The number of hydrogen-bond donors (Lipinski definition) is 2. The highest BCUT2D eigenvalue weighted by Crippen LogP contribution is 2.79. The fourth-order valence-electron chi connectivity index (χ4n) is 10.7. The van der Waals surface area contributed by atoms with E-state index in [1.54, 1.807) is 7.11 Å². The zero-order chi connectivity index (χ0) is 21.1. The summed E-state index contributed by atoms with van der Waals surface area (Å²) < 4.78 is 18.0. The highest BCUT2D eigenvalue weighted by molar-refractivity contribution is 5.33. The zero-order valence-corrected chi connectivity index (χ0v) is 18.9. The summed E-state index contributed by atoms with van der Waals surface area (Å²) >= 11 is 0. The van der Waals surface area contributed by atoms with Gasteiger partial charge in [0.1, 0.15) is 0 Å². The first-order valence-corrected chi connectivity index (χ1v) is 12.1. The number of likely N-dealkylation sites (tertiary alicyclic amines) is 1. The molecule has 1 heterocycles. The van der Waals surface area contributed by atoms with Crippen molar-refractivity contribution in [3.63, 3.8) is 0 Å². The number of ether oxygens (including phenoxy) is 3. The molecule has 7 bridgehead atoms. The molecule has 1 aliphatic heterocycles. The summed E-state index contributed by atoms with van der Waals surface area (Å²) in [5.74, 6) is 1.03. The third kappa shape index (κ3) is 2.00. The van der Waals surface area contributed by atoms with Crippen LogP contribution in [0.4, 0.5) is 0 Å². The Morgan fingerprint density at radius 1 is 1.10 bits per heavy atom. The van der Waals surface area contributed by atoms with Crippen LogP contribution >= 0.6 is 0 Å². The minimum atomic E-state index is -0.847. The van der Waals surface area contributed by atoms with E-state index in [2.05, 4.69) is 11.8 Å². The van der Waals surface area contributed by atoms with Crippen LogP contribution in [0.1, 0.15) is 39.0 Å². The van der Waals surface area contributed by atoms with Crippen LogP contribution < -0.4 is 0 Å².